The molecular weight excluding hydrogens is 360 g/mol. The first-order valence-corrected chi connectivity index (χ1v) is 10.3. The quantitative estimate of drug-likeness (QED) is 0.486. The fourth-order valence-electron chi connectivity index (χ4n) is 3.69. The van der Waals surface area contributed by atoms with Crippen LogP contribution < -0.4 is 16.0 Å². The Balaban J connectivity index is 1.72. The first-order chi connectivity index (χ1) is 13.3. The second-order valence-corrected chi connectivity index (χ2v) is 8.76. The molecule has 0 aromatic heterocycles. The van der Waals surface area contributed by atoms with Crippen LogP contribution in [-0.4, -0.2) is 69.3 Å². The molecule has 1 aliphatic carbocycles. The Hall–Kier alpha value is -1.54. The van der Waals surface area contributed by atoms with Gasteiger partial charge in [-0.15, -0.1) is 0 Å². The molecule has 2 rings (SSSR count). The van der Waals surface area contributed by atoms with E-state index in [1.807, 2.05) is 20.8 Å². The molecule has 1 aliphatic heterocycles. The fraction of sp³-hybridized carbons (Fsp3) is 0.900. The SMILES string of the molecule is CN=C(NCC1(OC)CCOCC1)NC1CCC(NC(=O)OC(C)(C)C)CC1. The summed E-state index contributed by atoms with van der Waals surface area (Å²) in [7, 11) is 3.55. The third-order valence-electron chi connectivity index (χ3n) is 5.43. The van der Waals surface area contributed by atoms with Crippen molar-refractivity contribution in [1.82, 2.24) is 16.0 Å². The van der Waals surface area contributed by atoms with Crippen LogP contribution in [0, 0.1) is 0 Å². The molecule has 0 bridgehead atoms. The van der Waals surface area contributed by atoms with Crippen molar-refractivity contribution in [2.75, 3.05) is 33.9 Å². The topological polar surface area (TPSA) is 93.2 Å². The molecule has 1 saturated heterocycles. The van der Waals surface area contributed by atoms with Crippen LogP contribution in [-0.2, 0) is 14.2 Å². The van der Waals surface area contributed by atoms with Gasteiger partial charge in [-0.25, -0.2) is 4.79 Å². The van der Waals surface area contributed by atoms with Crippen LogP contribution in [0.1, 0.15) is 59.3 Å². The minimum absolute atomic E-state index is 0.168. The second-order valence-electron chi connectivity index (χ2n) is 8.76. The Morgan fingerprint density at radius 1 is 1.11 bits per heavy atom. The van der Waals surface area contributed by atoms with Gasteiger partial charge in [0, 0.05) is 58.8 Å². The van der Waals surface area contributed by atoms with Gasteiger partial charge in [-0.05, 0) is 46.5 Å². The Kier molecular flexibility index (Phi) is 8.37. The van der Waals surface area contributed by atoms with Gasteiger partial charge in [-0.1, -0.05) is 0 Å². The minimum atomic E-state index is -0.467. The molecule has 8 heteroatoms. The maximum Gasteiger partial charge on any atom is 0.407 e. The molecule has 2 fully saturated rings. The van der Waals surface area contributed by atoms with E-state index < -0.39 is 5.60 Å². The van der Waals surface area contributed by atoms with Gasteiger partial charge >= 0.3 is 6.09 Å². The van der Waals surface area contributed by atoms with E-state index in [9.17, 15) is 4.79 Å². The van der Waals surface area contributed by atoms with E-state index in [1.54, 1.807) is 14.2 Å². The second kappa shape index (κ2) is 10.3. The van der Waals surface area contributed by atoms with Crippen molar-refractivity contribution in [3.05, 3.63) is 0 Å². The van der Waals surface area contributed by atoms with Gasteiger partial charge in [-0.3, -0.25) is 4.99 Å². The number of carbonyl (C=O) groups excluding carboxylic acids is 1. The van der Waals surface area contributed by atoms with Gasteiger partial charge in [0.25, 0.3) is 0 Å². The number of nitrogens with one attached hydrogen (secondary N) is 3. The van der Waals surface area contributed by atoms with Gasteiger partial charge in [0.2, 0.25) is 0 Å². The number of methoxy groups -OCH3 is 1. The molecule has 0 aromatic rings. The Morgan fingerprint density at radius 2 is 1.68 bits per heavy atom. The van der Waals surface area contributed by atoms with E-state index in [-0.39, 0.29) is 17.7 Å². The molecule has 0 spiro atoms. The van der Waals surface area contributed by atoms with Gasteiger partial charge in [0.1, 0.15) is 5.60 Å². The minimum Gasteiger partial charge on any atom is -0.444 e. The average molecular weight is 399 g/mol. The summed E-state index contributed by atoms with van der Waals surface area (Å²) in [6, 6.07) is 0.512. The summed E-state index contributed by atoms with van der Waals surface area (Å²) in [6.45, 7) is 7.80. The number of guanidine groups is 1. The van der Waals surface area contributed by atoms with Crippen LogP contribution in [0.15, 0.2) is 4.99 Å². The Labute approximate surface area is 169 Å². The normalized spacial score (nSPS) is 25.7. The van der Waals surface area contributed by atoms with E-state index in [1.165, 1.54) is 0 Å². The molecule has 1 saturated carbocycles. The van der Waals surface area contributed by atoms with Crippen molar-refractivity contribution < 1.29 is 19.0 Å². The van der Waals surface area contributed by atoms with Crippen LogP contribution in [0.25, 0.3) is 0 Å². The largest absolute Gasteiger partial charge is 0.444 e. The zero-order valence-corrected chi connectivity index (χ0v) is 18.1. The van der Waals surface area contributed by atoms with E-state index in [2.05, 4.69) is 20.9 Å². The number of hydrogen-bond donors (Lipinski definition) is 3. The fourth-order valence-corrected chi connectivity index (χ4v) is 3.69. The third kappa shape index (κ3) is 7.47. The van der Waals surface area contributed by atoms with Crippen LogP contribution in [0.3, 0.4) is 0 Å². The van der Waals surface area contributed by atoms with Crippen LogP contribution in [0.2, 0.25) is 0 Å². The predicted octanol–water partition coefficient (Wildman–Crippen LogP) is 2.18. The number of hydrogen-bond acceptors (Lipinski definition) is 5. The molecule has 0 aromatic carbocycles. The maximum absolute atomic E-state index is 11.9. The molecular formula is C20H38N4O4. The first-order valence-electron chi connectivity index (χ1n) is 10.3. The van der Waals surface area contributed by atoms with Crippen molar-refractivity contribution in [2.24, 2.45) is 4.99 Å². The maximum atomic E-state index is 11.9. The van der Waals surface area contributed by atoms with E-state index >= 15 is 0 Å². The number of rotatable bonds is 5. The van der Waals surface area contributed by atoms with Crippen LogP contribution in [0.5, 0.6) is 0 Å². The molecule has 0 unspecified atom stereocenters. The summed E-state index contributed by atoms with van der Waals surface area (Å²) in [4.78, 5) is 16.3. The molecule has 1 heterocycles. The van der Waals surface area contributed by atoms with Crippen molar-refractivity contribution in [2.45, 2.75) is 82.6 Å². The molecule has 0 radical (unpaired) electrons. The van der Waals surface area contributed by atoms with Gasteiger partial charge in [0.15, 0.2) is 5.96 Å². The van der Waals surface area contributed by atoms with Crippen LogP contribution >= 0.6 is 0 Å². The van der Waals surface area contributed by atoms with Crippen molar-refractivity contribution in [3.8, 4) is 0 Å². The number of nitrogens with zero attached hydrogens (tertiary/aromatic N) is 1. The zero-order valence-electron chi connectivity index (χ0n) is 18.1. The molecule has 28 heavy (non-hydrogen) atoms. The highest BCUT2D eigenvalue weighted by Crippen LogP contribution is 2.23. The molecule has 3 N–H and O–H groups in total. The van der Waals surface area contributed by atoms with Crippen molar-refractivity contribution >= 4 is 12.1 Å². The highest BCUT2D eigenvalue weighted by molar-refractivity contribution is 5.80. The summed E-state index contributed by atoms with van der Waals surface area (Å²) in [5.74, 6) is 0.798. The van der Waals surface area contributed by atoms with Crippen molar-refractivity contribution in [1.29, 1.82) is 0 Å². The molecule has 1 amide bonds. The number of carbonyl (C=O) groups is 1. The standard InChI is InChI=1S/C20H38N4O4/c1-19(2,3)28-18(25)24-16-8-6-15(7-9-16)23-17(21-4)22-14-20(26-5)10-12-27-13-11-20/h15-16H,6-14H2,1-5H3,(H,24,25)(H2,21,22,23). The lowest BCUT2D eigenvalue weighted by molar-refractivity contribution is -0.0855. The lowest BCUT2D eigenvalue weighted by atomic mass is 9.91. The van der Waals surface area contributed by atoms with Gasteiger partial charge < -0.3 is 30.2 Å². The molecule has 2 aliphatic rings. The van der Waals surface area contributed by atoms with E-state index in [0.29, 0.717) is 12.6 Å². The number of amides is 1. The van der Waals surface area contributed by atoms with E-state index in [4.69, 9.17) is 14.2 Å². The van der Waals surface area contributed by atoms with Crippen molar-refractivity contribution in [3.63, 3.8) is 0 Å². The zero-order chi connectivity index (χ0) is 20.6. The Bertz CT molecular complexity index is 519. The van der Waals surface area contributed by atoms with Gasteiger partial charge in [-0.2, -0.15) is 0 Å². The highest BCUT2D eigenvalue weighted by Gasteiger charge is 2.33. The smallest absolute Gasteiger partial charge is 0.407 e. The first kappa shape index (κ1) is 22.7. The summed E-state index contributed by atoms with van der Waals surface area (Å²) < 4.78 is 16.6. The number of alkyl carbamates (subject to hydrolysis) is 1. The summed E-state index contributed by atoms with van der Waals surface area (Å²) in [5, 5.41) is 9.90. The van der Waals surface area contributed by atoms with Gasteiger partial charge in [0.05, 0.1) is 5.60 Å². The monoisotopic (exact) mass is 398 g/mol. The highest BCUT2D eigenvalue weighted by atomic mass is 16.6. The molecule has 0 atom stereocenters. The lowest BCUT2D eigenvalue weighted by Crippen LogP contribution is -2.53. The van der Waals surface area contributed by atoms with Crippen LogP contribution in [0.4, 0.5) is 4.79 Å². The Morgan fingerprint density at radius 3 is 2.18 bits per heavy atom. The van der Waals surface area contributed by atoms with E-state index in [0.717, 1.165) is 57.7 Å². The number of ether oxygens (including phenoxy) is 3. The summed E-state index contributed by atoms with van der Waals surface area (Å²) >= 11 is 0. The summed E-state index contributed by atoms with van der Waals surface area (Å²) in [6.07, 6.45) is 5.24. The number of aliphatic imine (C=N–C) groups is 1. The average Bonchev–Trinajstić information content (AvgIpc) is 2.65. The molecule has 8 nitrogen and oxygen atoms in total. The molecule has 162 valence electrons. The lowest BCUT2D eigenvalue weighted by Gasteiger charge is -2.37. The predicted molar refractivity (Wildman–Crippen MR) is 110 cm³/mol. The summed E-state index contributed by atoms with van der Waals surface area (Å²) in [5.41, 5.74) is -0.657. The third-order valence-corrected chi connectivity index (χ3v) is 5.43.